The smallest absolute Gasteiger partial charge is 0.119 e. The van der Waals surface area contributed by atoms with E-state index in [4.69, 9.17) is 4.84 Å². The van der Waals surface area contributed by atoms with Crippen molar-refractivity contribution in [2.45, 2.75) is 85.2 Å². The lowest BCUT2D eigenvalue weighted by Gasteiger charge is -2.42. The molecule has 0 heterocycles. The molecule has 1 N–H and O–H groups in total. The van der Waals surface area contributed by atoms with Gasteiger partial charge in [-0.2, -0.15) is 0 Å². The Kier molecular flexibility index (Phi) is 6.85. The number of hydrogen-bond donors (Lipinski definition) is 1. The van der Waals surface area contributed by atoms with Crippen LogP contribution in [0.15, 0.2) is 40.6 Å². The molecule has 3 saturated carbocycles. The van der Waals surface area contributed by atoms with Crippen molar-refractivity contribution in [1.82, 2.24) is 0 Å². The Morgan fingerprint density at radius 1 is 1.29 bits per heavy atom. The van der Waals surface area contributed by atoms with Crippen LogP contribution < -0.4 is 0 Å². The minimum atomic E-state index is -0.202. The standard InChI is InChI=1S/C25H39NO2/c1-17(2)16-28-26-19(4)23-12-13-24-20(7-6-14-25(23,24)5)9-10-21-15-22(27)11-8-18(21)3/h9-10,17,22-24,27H,3,6-8,11-16H2,1-2,4-5H3/t22-,23+,24-,25+/m0/s1. The first kappa shape index (κ1) is 21.4. The van der Waals surface area contributed by atoms with Crippen molar-refractivity contribution in [3.05, 3.63) is 35.5 Å². The van der Waals surface area contributed by atoms with Gasteiger partial charge in [-0.3, -0.25) is 0 Å². The molecule has 3 aliphatic rings. The van der Waals surface area contributed by atoms with Crippen LogP contribution in [0.25, 0.3) is 0 Å². The highest BCUT2D eigenvalue weighted by Crippen LogP contribution is 2.57. The molecular formula is C25H39NO2. The van der Waals surface area contributed by atoms with Gasteiger partial charge in [-0.15, -0.1) is 0 Å². The van der Waals surface area contributed by atoms with Gasteiger partial charge in [-0.05, 0) is 81.1 Å². The van der Waals surface area contributed by atoms with Crippen LogP contribution in [0, 0.1) is 23.2 Å². The largest absolute Gasteiger partial charge is 0.396 e. The predicted molar refractivity (Wildman–Crippen MR) is 117 cm³/mol. The van der Waals surface area contributed by atoms with Crippen molar-refractivity contribution in [3.8, 4) is 0 Å². The quantitative estimate of drug-likeness (QED) is 0.452. The molecule has 156 valence electrons. The zero-order valence-corrected chi connectivity index (χ0v) is 18.3. The number of allylic oxidation sites excluding steroid dienone is 4. The fraction of sp³-hybridized carbons (Fsp3) is 0.720. The van der Waals surface area contributed by atoms with E-state index in [1.807, 2.05) is 0 Å². The number of rotatable bonds is 5. The summed E-state index contributed by atoms with van der Waals surface area (Å²) in [6, 6.07) is 0. The number of aliphatic hydroxyl groups is 1. The van der Waals surface area contributed by atoms with Crippen LogP contribution in [-0.4, -0.2) is 23.5 Å². The Morgan fingerprint density at radius 2 is 2.07 bits per heavy atom. The van der Waals surface area contributed by atoms with Crippen molar-refractivity contribution in [1.29, 1.82) is 0 Å². The van der Waals surface area contributed by atoms with E-state index in [2.05, 4.69) is 51.6 Å². The van der Waals surface area contributed by atoms with Crippen molar-refractivity contribution >= 4 is 5.71 Å². The fourth-order valence-corrected chi connectivity index (χ4v) is 5.67. The number of aliphatic hydroxyl groups excluding tert-OH is 1. The van der Waals surface area contributed by atoms with Gasteiger partial charge in [0, 0.05) is 5.92 Å². The van der Waals surface area contributed by atoms with Gasteiger partial charge in [0.25, 0.3) is 0 Å². The lowest BCUT2D eigenvalue weighted by molar-refractivity contribution is 0.111. The molecule has 0 aliphatic heterocycles. The molecule has 0 saturated heterocycles. The Bertz CT molecular complexity index is 672. The van der Waals surface area contributed by atoms with E-state index in [1.165, 1.54) is 49.0 Å². The van der Waals surface area contributed by atoms with Crippen molar-refractivity contribution in [2.24, 2.45) is 28.3 Å². The van der Waals surface area contributed by atoms with E-state index < -0.39 is 0 Å². The topological polar surface area (TPSA) is 41.8 Å². The molecule has 3 rings (SSSR count). The first-order chi connectivity index (χ1) is 13.3. The van der Waals surface area contributed by atoms with Crippen LogP contribution in [0.3, 0.4) is 0 Å². The molecule has 3 fully saturated rings. The van der Waals surface area contributed by atoms with E-state index in [1.54, 1.807) is 5.57 Å². The maximum absolute atomic E-state index is 10.00. The summed E-state index contributed by atoms with van der Waals surface area (Å²) >= 11 is 0. The summed E-state index contributed by atoms with van der Waals surface area (Å²) < 4.78 is 0. The maximum atomic E-state index is 10.00. The lowest BCUT2D eigenvalue weighted by Crippen LogP contribution is -2.36. The maximum Gasteiger partial charge on any atom is 0.119 e. The van der Waals surface area contributed by atoms with Crippen LogP contribution in [0.2, 0.25) is 0 Å². The first-order valence-corrected chi connectivity index (χ1v) is 11.2. The predicted octanol–water partition coefficient (Wildman–Crippen LogP) is 6.21. The zero-order chi connectivity index (χ0) is 20.3. The molecule has 0 bridgehead atoms. The number of oxime groups is 1. The number of fused-ring (bicyclic) bond motifs is 1. The molecule has 28 heavy (non-hydrogen) atoms. The van der Waals surface area contributed by atoms with Gasteiger partial charge >= 0.3 is 0 Å². The van der Waals surface area contributed by atoms with E-state index in [-0.39, 0.29) is 6.10 Å². The van der Waals surface area contributed by atoms with Gasteiger partial charge in [-0.1, -0.05) is 55.8 Å². The van der Waals surface area contributed by atoms with Crippen LogP contribution >= 0.6 is 0 Å². The molecule has 4 atom stereocenters. The van der Waals surface area contributed by atoms with Gasteiger partial charge in [0.1, 0.15) is 6.61 Å². The van der Waals surface area contributed by atoms with E-state index in [9.17, 15) is 5.11 Å². The number of nitrogens with zero attached hydrogens (tertiary/aromatic N) is 1. The summed E-state index contributed by atoms with van der Waals surface area (Å²) in [5.74, 6) is 1.67. The Morgan fingerprint density at radius 3 is 2.82 bits per heavy atom. The molecule has 3 nitrogen and oxygen atoms in total. The third kappa shape index (κ3) is 4.62. The molecule has 0 aromatic heterocycles. The average Bonchev–Trinajstić information content (AvgIpc) is 2.99. The molecule has 0 unspecified atom stereocenters. The molecule has 3 aliphatic carbocycles. The summed E-state index contributed by atoms with van der Waals surface area (Å²) in [4.78, 5) is 5.60. The van der Waals surface area contributed by atoms with Crippen LogP contribution in [0.4, 0.5) is 0 Å². The minimum absolute atomic E-state index is 0.202. The Balaban J connectivity index is 1.75. The normalized spacial score (nSPS) is 37.0. The lowest BCUT2D eigenvalue weighted by atomic mass is 9.62. The first-order valence-electron chi connectivity index (χ1n) is 11.2. The Labute approximate surface area is 171 Å². The number of hydrogen-bond acceptors (Lipinski definition) is 3. The van der Waals surface area contributed by atoms with Crippen LogP contribution in [-0.2, 0) is 4.84 Å². The SMILES string of the molecule is C=C1CC[C@H](O)CC1=CC=C1CCC[C@]2(C)[C@@H](C(C)=NOCC(C)C)CC[C@@H]12. The van der Waals surface area contributed by atoms with Crippen molar-refractivity contribution < 1.29 is 9.94 Å². The van der Waals surface area contributed by atoms with Gasteiger partial charge in [0.2, 0.25) is 0 Å². The summed E-state index contributed by atoms with van der Waals surface area (Å²) in [7, 11) is 0. The van der Waals surface area contributed by atoms with Crippen molar-refractivity contribution in [2.75, 3.05) is 6.61 Å². The van der Waals surface area contributed by atoms with Gasteiger partial charge in [0.15, 0.2) is 0 Å². The monoisotopic (exact) mass is 385 g/mol. The summed E-state index contributed by atoms with van der Waals surface area (Å²) in [5.41, 5.74) is 5.50. The molecular weight excluding hydrogens is 346 g/mol. The highest BCUT2D eigenvalue weighted by atomic mass is 16.6. The summed E-state index contributed by atoms with van der Waals surface area (Å²) in [6.07, 6.45) is 13.1. The molecule has 0 aromatic rings. The second-order valence-corrected chi connectivity index (χ2v) is 9.90. The molecule has 0 radical (unpaired) electrons. The van der Waals surface area contributed by atoms with E-state index >= 15 is 0 Å². The van der Waals surface area contributed by atoms with Gasteiger partial charge in [-0.25, -0.2) is 0 Å². The van der Waals surface area contributed by atoms with Crippen molar-refractivity contribution in [3.63, 3.8) is 0 Å². The molecule has 0 aromatic carbocycles. The van der Waals surface area contributed by atoms with Gasteiger partial charge in [0.05, 0.1) is 11.8 Å². The summed E-state index contributed by atoms with van der Waals surface area (Å²) in [5, 5.41) is 14.5. The highest BCUT2D eigenvalue weighted by molar-refractivity contribution is 5.85. The van der Waals surface area contributed by atoms with Crippen LogP contribution in [0.5, 0.6) is 0 Å². The minimum Gasteiger partial charge on any atom is -0.396 e. The van der Waals surface area contributed by atoms with E-state index in [0.29, 0.717) is 29.8 Å². The second-order valence-electron chi connectivity index (χ2n) is 9.90. The molecule has 0 spiro atoms. The highest BCUT2D eigenvalue weighted by Gasteiger charge is 2.50. The molecule has 0 amide bonds. The summed E-state index contributed by atoms with van der Waals surface area (Å²) in [6.45, 7) is 13.9. The van der Waals surface area contributed by atoms with Gasteiger partial charge < -0.3 is 9.94 Å². The molecule has 3 heteroatoms. The average molecular weight is 386 g/mol. The second kappa shape index (κ2) is 8.98. The van der Waals surface area contributed by atoms with E-state index in [0.717, 1.165) is 19.3 Å². The third-order valence-corrected chi connectivity index (χ3v) is 7.27. The van der Waals surface area contributed by atoms with Crippen LogP contribution in [0.1, 0.15) is 79.1 Å². The Hall–Kier alpha value is -1.35. The fourth-order valence-electron chi connectivity index (χ4n) is 5.67. The zero-order valence-electron chi connectivity index (χ0n) is 18.3. The third-order valence-electron chi connectivity index (χ3n) is 7.27.